The van der Waals surface area contributed by atoms with Crippen LogP contribution >= 0.6 is 0 Å². The second-order valence-corrected chi connectivity index (χ2v) is 2.89. The van der Waals surface area contributed by atoms with Crippen molar-refractivity contribution in [3.8, 4) is 0 Å². The van der Waals surface area contributed by atoms with Crippen LogP contribution in [-0.2, 0) is 4.74 Å². The van der Waals surface area contributed by atoms with Crippen LogP contribution in [0.25, 0.3) is 0 Å². The van der Waals surface area contributed by atoms with Crippen LogP contribution in [0.4, 0.5) is 0 Å². The molecular weight excluding hydrogens is 170 g/mol. The first-order valence-corrected chi connectivity index (χ1v) is 4.19. The Hall–Kier alpha value is -1.30. The van der Waals surface area contributed by atoms with Gasteiger partial charge in [-0.15, -0.1) is 0 Å². The molecule has 0 aliphatic carbocycles. The van der Waals surface area contributed by atoms with Crippen LogP contribution in [0.1, 0.15) is 12.8 Å². The summed E-state index contributed by atoms with van der Waals surface area (Å²) in [5, 5.41) is 0. The predicted octanol–water partition coefficient (Wildman–Crippen LogP) is -1.25. The number of guanidine groups is 2. The van der Waals surface area contributed by atoms with Crippen molar-refractivity contribution in [2.45, 2.75) is 18.9 Å². The topological polar surface area (TPSA) is 112 Å². The van der Waals surface area contributed by atoms with Crippen molar-refractivity contribution in [1.82, 2.24) is 0 Å². The Morgan fingerprint density at radius 3 is 2.62 bits per heavy atom. The van der Waals surface area contributed by atoms with Crippen LogP contribution in [0.3, 0.4) is 0 Å². The minimum absolute atomic E-state index is 0.0713. The van der Waals surface area contributed by atoms with Crippen LogP contribution < -0.4 is 17.2 Å². The molecule has 0 spiro atoms. The molecule has 0 amide bonds. The highest BCUT2D eigenvalue weighted by Crippen LogP contribution is 2.09. The van der Waals surface area contributed by atoms with Crippen molar-refractivity contribution in [3.63, 3.8) is 0 Å². The van der Waals surface area contributed by atoms with Crippen LogP contribution in [0.2, 0.25) is 0 Å². The molecule has 1 aliphatic heterocycles. The monoisotopic (exact) mass is 185 g/mol. The zero-order chi connectivity index (χ0) is 9.68. The molecule has 1 unspecified atom stereocenters. The molecule has 0 bridgehead atoms. The van der Waals surface area contributed by atoms with E-state index in [0.29, 0.717) is 6.61 Å². The van der Waals surface area contributed by atoms with Gasteiger partial charge in [-0.05, 0) is 12.8 Å². The molecule has 0 aromatic heterocycles. The van der Waals surface area contributed by atoms with Crippen molar-refractivity contribution in [3.05, 3.63) is 0 Å². The molecule has 13 heavy (non-hydrogen) atoms. The average molecular weight is 185 g/mol. The van der Waals surface area contributed by atoms with Gasteiger partial charge in [0.2, 0.25) is 5.96 Å². The number of hydrogen-bond acceptors (Lipinski definition) is 2. The van der Waals surface area contributed by atoms with Gasteiger partial charge >= 0.3 is 0 Å². The van der Waals surface area contributed by atoms with Gasteiger partial charge in [0.15, 0.2) is 5.96 Å². The van der Waals surface area contributed by atoms with E-state index < -0.39 is 0 Å². The first-order valence-electron chi connectivity index (χ1n) is 4.19. The molecular formula is C7H15N5O. The highest BCUT2D eigenvalue weighted by atomic mass is 16.5. The predicted molar refractivity (Wildman–Crippen MR) is 51.3 cm³/mol. The third-order valence-corrected chi connectivity index (χ3v) is 1.69. The lowest BCUT2D eigenvalue weighted by atomic mass is 10.1. The molecule has 1 aliphatic rings. The fourth-order valence-electron chi connectivity index (χ4n) is 1.17. The molecule has 0 aromatic carbocycles. The minimum Gasteiger partial charge on any atom is -0.379 e. The van der Waals surface area contributed by atoms with Crippen LogP contribution in [-0.4, -0.2) is 31.2 Å². The van der Waals surface area contributed by atoms with Crippen LogP contribution in [0.15, 0.2) is 9.98 Å². The van der Waals surface area contributed by atoms with E-state index in [2.05, 4.69) is 9.98 Å². The van der Waals surface area contributed by atoms with E-state index in [1.807, 2.05) is 0 Å². The summed E-state index contributed by atoms with van der Waals surface area (Å²) in [4.78, 5) is 7.71. The normalized spacial score (nSPS) is 24.0. The number of nitrogens with two attached hydrogens (primary N) is 3. The fraction of sp³-hybridized carbons (Fsp3) is 0.714. The Balaban J connectivity index is 2.48. The van der Waals surface area contributed by atoms with Crippen molar-refractivity contribution in [2.24, 2.45) is 27.2 Å². The van der Waals surface area contributed by atoms with E-state index in [1.165, 1.54) is 0 Å². The van der Waals surface area contributed by atoms with Gasteiger partial charge < -0.3 is 21.9 Å². The standard InChI is InChI=1S/C7H15N5O/c8-6(9)12-7(10)11-5-2-1-3-13-4-5/h5H,1-4H2,(H6,8,9,10,11,12). The van der Waals surface area contributed by atoms with Gasteiger partial charge in [-0.25, -0.2) is 4.99 Å². The second kappa shape index (κ2) is 4.66. The molecule has 6 N–H and O–H groups in total. The molecule has 1 fully saturated rings. The lowest BCUT2D eigenvalue weighted by molar-refractivity contribution is 0.0828. The molecule has 74 valence electrons. The number of nitrogens with zero attached hydrogens (tertiary/aromatic N) is 2. The largest absolute Gasteiger partial charge is 0.379 e. The summed E-state index contributed by atoms with van der Waals surface area (Å²) in [5.41, 5.74) is 15.7. The SMILES string of the molecule is NC(N)=NC(N)=NC1CCCOC1. The van der Waals surface area contributed by atoms with Gasteiger partial charge in [-0.2, -0.15) is 4.99 Å². The average Bonchev–Trinajstić information content (AvgIpc) is 2.04. The molecule has 6 heteroatoms. The maximum absolute atomic E-state index is 5.45. The molecule has 6 nitrogen and oxygen atoms in total. The summed E-state index contributed by atoms with van der Waals surface area (Å²) < 4.78 is 5.21. The number of rotatable bonds is 1. The van der Waals surface area contributed by atoms with Crippen molar-refractivity contribution < 1.29 is 4.74 Å². The van der Waals surface area contributed by atoms with Crippen molar-refractivity contribution >= 4 is 11.9 Å². The maximum Gasteiger partial charge on any atom is 0.218 e. The highest BCUT2D eigenvalue weighted by molar-refractivity contribution is 5.92. The van der Waals surface area contributed by atoms with E-state index in [-0.39, 0.29) is 18.0 Å². The van der Waals surface area contributed by atoms with Gasteiger partial charge in [0.05, 0.1) is 12.6 Å². The van der Waals surface area contributed by atoms with Gasteiger partial charge in [0, 0.05) is 6.61 Å². The zero-order valence-electron chi connectivity index (χ0n) is 7.44. The van der Waals surface area contributed by atoms with Crippen LogP contribution in [0.5, 0.6) is 0 Å². The van der Waals surface area contributed by atoms with Gasteiger partial charge in [-0.1, -0.05) is 0 Å². The lowest BCUT2D eigenvalue weighted by Gasteiger charge is -2.18. The van der Waals surface area contributed by atoms with Gasteiger partial charge in [0.25, 0.3) is 0 Å². The summed E-state index contributed by atoms with van der Waals surface area (Å²) in [7, 11) is 0. The smallest absolute Gasteiger partial charge is 0.218 e. The Morgan fingerprint density at radius 1 is 1.31 bits per heavy atom. The van der Waals surface area contributed by atoms with Gasteiger partial charge in [-0.3, -0.25) is 0 Å². The summed E-state index contributed by atoms with van der Waals surface area (Å²) in [6.45, 7) is 1.40. The molecule has 1 saturated heterocycles. The quantitative estimate of drug-likeness (QED) is 0.350. The van der Waals surface area contributed by atoms with E-state index in [1.54, 1.807) is 0 Å². The molecule has 1 rings (SSSR count). The number of ether oxygens (including phenoxy) is 1. The van der Waals surface area contributed by atoms with E-state index in [9.17, 15) is 0 Å². The Bertz CT molecular complexity index is 215. The third kappa shape index (κ3) is 3.75. The lowest BCUT2D eigenvalue weighted by Crippen LogP contribution is -2.28. The zero-order valence-corrected chi connectivity index (χ0v) is 7.44. The van der Waals surface area contributed by atoms with E-state index in [4.69, 9.17) is 21.9 Å². The summed E-state index contributed by atoms with van der Waals surface area (Å²) in [6.07, 6.45) is 1.98. The second-order valence-electron chi connectivity index (χ2n) is 2.89. The first kappa shape index (κ1) is 9.79. The number of hydrogen-bond donors (Lipinski definition) is 3. The Kier molecular flexibility index (Phi) is 3.51. The third-order valence-electron chi connectivity index (χ3n) is 1.69. The van der Waals surface area contributed by atoms with E-state index >= 15 is 0 Å². The highest BCUT2D eigenvalue weighted by Gasteiger charge is 2.12. The Morgan fingerprint density at radius 2 is 2.08 bits per heavy atom. The molecule has 1 atom stereocenters. The Labute approximate surface area is 76.8 Å². The first-order chi connectivity index (χ1) is 6.18. The molecule has 1 heterocycles. The van der Waals surface area contributed by atoms with Crippen LogP contribution in [0, 0.1) is 0 Å². The summed E-state index contributed by atoms with van der Waals surface area (Å²) in [5.74, 6) is 0.0495. The summed E-state index contributed by atoms with van der Waals surface area (Å²) in [6, 6.07) is 0.0943. The van der Waals surface area contributed by atoms with Gasteiger partial charge in [0.1, 0.15) is 0 Å². The fourth-order valence-corrected chi connectivity index (χ4v) is 1.17. The maximum atomic E-state index is 5.45. The molecule has 0 radical (unpaired) electrons. The molecule has 0 saturated carbocycles. The van der Waals surface area contributed by atoms with Crippen molar-refractivity contribution in [2.75, 3.05) is 13.2 Å². The molecule has 0 aromatic rings. The van der Waals surface area contributed by atoms with Crippen molar-refractivity contribution in [1.29, 1.82) is 0 Å². The minimum atomic E-state index is -0.0713. The summed E-state index contributed by atoms with van der Waals surface area (Å²) >= 11 is 0. The number of aliphatic imine (C=N–C) groups is 2. The van der Waals surface area contributed by atoms with E-state index in [0.717, 1.165) is 19.4 Å².